The summed E-state index contributed by atoms with van der Waals surface area (Å²) < 4.78 is 46.4. The first kappa shape index (κ1) is 49.6. The summed E-state index contributed by atoms with van der Waals surface area (Å²) >= 11 is 0. The SMILES string of the molecule is CCO[Si](CCCNC(=O)OCCCc1cccc(N(c2ccccc2)c2cccc(CCCOC(=O)NCCC[Si](OCC)(OCC)OCC)c2)c1)(OCC)OCC. The minimum absolute atomic E-state index is 0.306. The summed E-state index contributed by atoms with van der Waals surface area (Å²) in [5, 5.41) is 5.68. The van der Waals surface area contributed by atoms with E-state index >= 15 is 0 Å². The van der Waals surface area contributed by atoms with Crippen LogP contribution in [-0.4, -0.2) is 95.7 Å². The van der Waals surface area contributed by atoms with Gasteiger partial charge in [-0.1, -0.05) is 42.5 Å². The number of alkyl carbamates (subject to hydrolysis) is 2. The van der Waals surface area contributed by atoms with Gasteiger partial charge in [0.2, 0.25) is 0 Å². The predicted molar refractivity (Wildman–Crippen MR) is 237 cm³/mol. The number of nitrogens with zero attached hydrogens (tertiary/aromatic N) is 1. The number of carbonyl (C=O) groups is 2. The minimum atomic E-state index is -2.74. The number of amides is 2. The molecule has 59 heavy (non-hydrogen) atoms. The molecule has 13 nitrogen and oxygen atoms in total. The van der Waals surface area contributed by atoms with Crippen LogP contribution in [0.3, 0.4) is 0 Å². The van der Waals surface area contributed by atoms with Crippen molar-refractivity contribution < 1.29 is 45.6 Å². The van der Waals surface area contributed by atoms with Gasteiger partial charge in [0.1, 0.15) is 0 Å². The summed E-state index contributed by atoms with van der Waals surface area (Å²) in [6.07, 6.45) is 3.35. The van der Waals surface area contributed by atoms with Gasteiger partial charge in [-0.25, -0.2) is 9.59 Å². The molecule has 3 aromatic carbocycles. The molecule has 0 radical (unpaired) electrons. The van der Waals surface area contributed by atoms with Gasteiger partial charge in [0.25, 0.3) is 0 Å². The van der Waals surface area contributed by atoms with Crippen LogP contribution in [0.1, 0.15) is 78.4 Å². The largest absolute Gasteiger partial charge is 0.500 e. The summed E-state index contributed by atoms with van der Waals surface area (Å²) in [5.74, 6) is 0. The Kier molecular flexibility index (Phi) is 24.0. The van der Waals surface area contributed by atoms with Crippen molar-refractivity contribution in [1.29, 1.82) is 0 Å². The second kappa shape index (κ2) is 28.6. The van der Waals surface area contributed by atoms with Gasteiger partial charge in [-0.15, -0.1) is 0 Å². The second-order valence-electron chi connectivity index (χ2n) is 13.5. The highest BCUT2D eigenvalue weighted by Gasteiger charge is 2.40. The molecular weight excluding hydrogens is 787 g/mol. The van der Waals surface area contributed by atoms with Crippen LogP contribution in [0.25, 0.3) is 0 Å². The Morgan fingerprint density at radius 3 is 1.24 bits per heavy atom. The third-order valence-corrected chi connectivity index (χ3v) is 15.4. The average Bonchev–Trinajstić information content (AvgIpc) is 3.23. The number of anilines is 3. The molecule has 0 aromatic heterocycles. The lowest BCUT2D eigenvalue weighted by Gasteiger charge is -2.28. The van der Waals surface area contributed by atoms with E-state index in [0.29, 0.717) is 104 Å². The zero-order valence-corrected chi connectivity index (χ0v) is 38.3. The minimum Gasteiger partial charge on any atom is -0.450 e. The quantitative estimate of drug-likeness (QED) is 0.0474. The van der Waals surface area contributed by atoms with Crippen LogP contribution in [0, 0.1) is 0 Å². The fourth-order valence-electron chi connectivity index (χ4n) is 6.70. The molecule has 0 saturated heterocycles. The normalized spacial score (nSPS) is 11.6. The number of ether oxygens (including phenoxy) is 2. The fourth-order valence-corrected chi connectivity index (χ4v) is 11.9. The number of carbonyl (C=O) groups excluding carboxylic acids is 2. The van der Waals surface area contributed by atoms with Crippen LogP contribution in [-0.2, 0) is 48.9 Å². The zero-order chi connectivity index (χ0) is 42.6. The zero-order valence-electron chi connectivity index (χ0n) is 36.3. The first-order valence-electron chi connectivity index (χ1n) is 21.4. The standard InChI is InChI=1S/C44H69N3O10Si2/c1-7-52-58(53-8-2,54-9-3)34-20-30-45-43(48)50-32-18-24-38-22-16-28-41(36-38)47(40-26-14-13-15-27-40)42-29-17-23-39(37-42)25-19-33-51-44(49)46-31-21-35-59(55-10-4,56-11-5)57-12-6/h13-17,22-23,26-29,36-37H,7-12,18-21,24-25,30-35H2,1-6H3,(H,45,48)(H,46,49). The van der Waals surface area contributed by atoms with Gasteiger partial charge in [0.15, 0.2) is 0 Å². The van der Waals surface area contributed by atoms with Crippen LogP contribution in [0.4, 0.5) is 26.7 Å². The van der Waals surface area contributed by atoms with Gasteiger partial charge in [0.05, 0.1) is 13.2 Å². The Morgan fingerprint density at radius 2 is 0.864 bits per heavy atom. The van der Waals surface area contributed by atoms with Gasteiger partial charge in [-0.3, -0.25) is 0 Å². The highest BCUT2D eigenvalue weighted by Crippen LogP contribution is 2.35. The molecule has 2 amide bonds. The van der Waals surface area contributed by atoms with Crippen molar-refractivity contribution in [2.24, 2.45) is 0 Å². The van der Waals surface area contributed by atoms with Crippen molar-refractivity contribution in [3.63, 3.8) is 0 Å². The van der Waals surface area contributed by atoms with Crippen molar-refractivity contribution in [2.45, 2.75) is 92.2 Å². The lowest BCUT2D eigenvalue weighted by molar-refractivity contribution is 0.0699. The molecule has 0 aliphatic rings. The third-order valence-electron chi connectivity index (χ3n) is 9.08. The molecule has 0 aliphatic heterocycles. The molecule has 0 bridgehead atoms. The third kappa shape index (κ3) is 18.1. The number of aryl methyl sites for hydroxylation is 2. The molecule has 328 valence electrons. The lowest BCUT2D eigenvalue weighted by atomic mass is 10.1. The van der Waals surface area contributed by atoms with Gasteiger partial charge in [-0.2, -0.15) is 0 Å². The lowest BCUT2D eigenvalue weighted by Crippen LogP contribution is -2.46. The number of rotatable bonds is 31. The first-order valence-corrected chi connectivity index (χ1v) is 25.3. The maximum Gasteiger partial charge on any atom is 0.500 e. The maximum atomic E-state index is 12.4. The molecule has 0 aliphatic carbocycles. The van der Waals surface area contributed by atoms with Crippen molar-refractivity contribution in [2.75, 3.05) is 70.8 Å². The Bertz CT molecular complexity index is 1470. The molecule has 2 N–H and O–H groups in total. The monoisotopic (exact) mass is 855 g/mol. The smallest absolute Gasteiger partial charge is 0.450 e. The first-order chi connectivity index (χ1) is 28.8. The van der Waals surface area contributed by atoms with Gasteiger partial charge >= 0.3 is 29.8 Å². The number of hydrogen-bond acceptors (Lipinski definition) is 11. The Balaban J connectivity index is 1.50. The molecule has 15 heteroatoms. The van der Waals surface area contributed by atoms with Crippen molar-refractivity contribution in [1.82, 2.24) is 10.6 Å². The Labute approximate surface area is 355 Å². The molecule has 3 rings (SSSR count). The Morgan fingerprint density at radius 1 is 0.492 bits per heavy atom. The van der Waals surface area contributed by atoms with E-state index in [4.69, 9.17) is 36.0 Å². The number of nitrogens with one attached hydrogen (secondary N) is 2. The number of hydrogen-bond donors (Lipinski definition) is 2. The summed E-state index contributed by atoms with van der Waals surface area (Å²) in [6, 6.07) is 28.4. The van der Waals surface area contributed by atoms with E-state index < -0.39 is 29.8 Å². The average molecular weight is 856 g/mol. The maximum absolute atomic E-state index is 12.4. The number of para-hydroxylation sites is 1. The molecule has 0 fully saturated rings. The molecule has 0 unspecified atom stereocenters. The fraction of sp³-hybridized carbons (Fsp3) is 0.545. The van der Waals surface area contributed by atoms with Crippen LogP contribution < -0.4 is 15.5 Å². The van der Waals surface area contributed by atoms with E-state index in [0.717, 1.165) is 41.0 Å². The van der Waals surface area contributed by atoms with E-state index in [1.165, 1.54) is 0 Å². The molecule has 0 heterocycles. The predicted octanol–water partition coefficient (Wildman–Crippen LogP) is 9.35. The van der Waals surface area contributed by atoms with Crippen molar-refractivity contribution >= 4 is 46.9 Å². The summed E-state index contributed by atoms with van der Waals surface area (Å²) in [4.78, 5) is 27.1. The number of benzene rings is 3. The van der Waals surface area contributed by atoms with Crippen LogP contribution in [0.5, 0.6) is 0 Å². The molecule has 0 saturated carbocycles. The highest BCUT2D eigenvalue weighted by atomic mass is 28.4. The van der Waals surface area contributed by atoms with Gasteiger partial charge in [-0.05, 0) is 128 Å². The Hall–Kier alpha value is -3.81. The van der Waals surface area contributed by atoms with Crippen LogP contribution >= 0.6 is 0 Å². The summed E-state index contributed by atoms with van der Waals surface area (Å²) in [6.45, 7) is 16.2. The summed E-state index contributed by atoms with van der Waals surface area (Å²) in [5.41, 5.74) is 5.37. The highest BCUT2D eigenvalue weighted by molar-refractivity contribution is 6.61. The second-order valence-corrected chi connectivity index (χ2v) is 19.0. The molecular formula is C44H69N3O10Si2. The van der Waals surface area contributed by atoms with E-state index in [1.807, 2.05) is 59.7 Å². The van der Waals surface area contributed by atoms with E-state index in [2.05, 4.69) is 76.2 Å². The molecule has 0 atom stereocenters. The van der Waals surface area contributed by atoms with Crippen LogP contribution in [0.2, 0.25) is 12.1 Å². The van der Waals surface area contributed by atoms with Crippen molar-refractivity contribution in [3.8, 4) is 0 Å². The summed E-state index contributed by atoms with van der Waals surface area (Å²) in [7, 11) is -5.48. The molecule has 3 aromatic rings. The van der Waals surface area contributed by atoms with Crippen LogP contribution in [0.15, 0.2) is 78.9 Å². The van der Waals surface area contributed by atoms with Gasteiger partial charge < -0.3 is 51.6 Å². The van der Waals surface area contributed by atoms with Gasteiger partial charge in [0, 0.05) is 81.9 Å². The van der Waals surface area contributed by atoms with E-state index in [-0.39, 0.29) is 0 Å². The van der Waals surface area contributed by atoms with Crippen molar-refractivity contribution in [3.05, 3.63) is 90.0 Å². The molecule has 0 spiro atoms. The van der Waals surface area contributed by atoms with E-state index in [9.17, 15) is 9.59 Å². The van der Waals surface area contributed by atoms with E-state index in [1.54, 1.807) is 0 Å². The topological polar surface area (TPSA) is 135 Å².